The van der Waals surface area contributed by atoms with E-state index in [2.05, 4.69) is 4.72 Å². The SMILES string of the molecule is CC(O)(C(=O)Nc1ccc(S(=O)(=O)Nc2ccc(C(=O)N3CCOCC3)cc2)cc1Cl)C(F)(F)F. The summed E-state index contributed by atoms with van der Waals surface area (Å²) in [7, 11) is -4.17. The number of amides is 2. The van der Waals surface area contributed by atoms with Crippen molar-refractivity contribution in [2.45, 2.75) is 23.6 Å². The summed E-state index contributed by atoms with van der Waals surface area (Å²) in [4.78, 5) is 25.6. The quantitative estimate of drug-likeness (QED) is 0.522. The number of aliphatic hydroxyl groups is 1. The minimum Gasteiger partial charge on any atom is -0.378 e. The molecule has 35 heavy (non-hydrogen) atoms. The molecule has 0 saturated carbocycles. The second-order valence-corrected chi connectivity index (χ2v) is 9.84. The Labute approximate surface area is 203 Å². The number of benzene rings is 2. The first-order valence-electron chi connectivity index (χ1n) is 10.1. The molecule has 1 aliphatic heterocycles. The first-order chi connectivity index (χ1) is 16.2. The average Bonchev–Trinajstić information content (AvgIpc) is 2.80. The molecule has 0 aliphatic carbocycles. The number of ether oxygens (including phenoxy) is 1. The van der Waals surface area contributed by atoms with E-state index in [4.69, 9.17) is 16.3 Å². The van der Waals surface area contributed by atoms with E-state index in [9.17, 15) is 36.3 Å². The van der Waals surface area contributed by atoms with Gasteiger partial charge in [-0.05, 0) is 49.4 Å². The zero-order chi connectivity index (χ0) is 26.0. The third-order valence-corrected chi connectivity index (χ3v) is 6.87. The van der Waals surface area contributed by atoms with Crippen LogP contribution in [-0.2, 0) is 19.6 Å². The molecule has 9 nitrogen and oxygen atoms in total. The van der Waals surface area contributed by atoms with E-state index >= 15 is 0 Å². The van der Waals surface area contributed by atoms with Gasteiger partial charge >= 0.3 is 6.18 Å². The molecule has 1 aliphatic rings. The Morgan fingerprint density at radius 2 is 1.69 bits per heavy atom. The van der Waals surface area contributed by atoms with Crippen LogP contribution in [0.4, 0.5) is 24.5 Å². The van der Waals surface area contributed by atoms with E-state index in [0.29, 0.717) is 31.9 Å². The normalized spacial score (nSPS) is 16.3. The van der Waals surface area contributed by atoms with Crippen molar-refractivity contribution in [3.05, 3.63) is 53.1 Å². The van der Waals surface area contributed by atoms with E-state index in [-0.39, 0.29) is 34.1 Å². The van der Waals surface area contributed by atoms with E-state index in [1.54, 1.807) is 4.90 Å². The molecule has 1 saturated heterocycles. The molecular formula is C21H21ClF3N3O6S. The standard InChI is InChI=1S/C21H21ClF3N3O6S/c1-20(31,21(23,24)25)19(30)26-17-7-6-15(12-16(17)22)35(32,33)27-14-4-2-13(3-5-14)18(29)28-8-10-34-11-9-28/h2-7,12,27,31H,8-11H2,1H3,(H,26,30). The second-order valence-electron chi connectivity index (χ2n) is 7.75. The van der Waals surface area contributed by atoms with Gasteiger partial charge in [0.25, 0.3) is 21.8 Å². The summed E-state index contributed by atoms with van der Waals surface area (Å²) in [6.07, 6.45) is -5.24. The van der Waals surface area contributed by atoms with Gasteiger partial charge in [-0.2, -0.15) is 13.2 Å². The number of carbonyl (C=O) groups is 2. The molecule has 2 aromatic rings. The third kappa shape index (κ3) is 6.04. The van der Waals surface area contributed by atoms with E-state index in [1.165, 1.54) is 24.3 Å². The molecule has 1 heterocycles. The molecule has 190 valence electrons. The van der Waals surface area contributed by atoms with Crippen LogP contribution in [0.3, 0.4) is 0 Å². The molecule has 2 amide bonds. The number of alkyl halides is 3. The van der Waals surface area contributed by atoms with Crippen molar-refractivity contribution in [1.82, 2.24) is 4.90 Å². The predicted octanol–water partition coefficient (Wildman–Crippen LogP) is 2.87. The maximum Gasteiger partial charge on any atom is 0.426 e. The summed E-state index contributed by atoms with van der Waals surface area (Å²) in [5.41, 5.74) is -3.49. The average molecular weight is 536 g/mol. The summed E-state index contributed by atoms with van der Waals surface area (Å²) in [6.45, 7) is 2.07. The first-order valence-corrected chi connectivity index (χ1v) is 12.0. The van der Waals surface area contributed by atoms with Crippen molar-refractivity contribution in [2.24, 2.45) is 0 Å². The van der Waals surface area contributed by atoms with Crippen LogP contribution >= 0.6 is 11.6 Å². The zero-order valence-corrected chi connectivity index (χ0v) is 19.8. The van der Waals surface area contributed by atoms with Gasteiger partial charge in [0.1, 0.15) is 0 Å². The van der Waals surface area contributed by atoms with Gasteiger partial charge in [-0.15, -0.1) is 0 Å². The number of halogens is 4. The lowest BCUT2D eigenvalue weighted by atomic mass is 10.1. The molecule has 3 N–H and O–H groups in total. The van der Waals surface area contributed by atoms with E-state index < -0.39 is 27.7 Å². The lowest BCUT2D eigenvalue weighted by Crippen LogP contribution is -2.52. The predicted molar refractivity (Wildman–Crippen MR) is 121 cm³/mol. The largest absolute Gasteiger partial charge is 0.426 e. The smallest absolute Gasteiger partial charge is 0.378 e. The molecule has 0 spiro atoms. The lowest BCUT2D eigenvalue weighted by Gasteiger charge is -2.26. The van der Waals surface area contributed by atoms with Crippen molar-refractivity contribution < 1.29 is 41.0 Å². The van der Waals surface area contributed by atoms with Crippen molar-refractivity contribution in [1.29, 1.82) is 0 Å². The molecule has 2 aromatic carbocycles. The van der Waals surface area contributed by atoms with Gasteiger partial charge in [-0.1, -0.05) is 11.6 Å². The van der Waals surface area contributed by atoms with Crippen LogP contribution in [0.2, 0.25) is 5.02 Å². The molecule has 14 heteroatoms. The Kier molecular flexibility index (Phi) is 7.65. The number of hydrogen-bond donors (Lipinski definition) is 3. The first kappa shape index (κ1) is 26.7. The maximum absolute atomic E-state index is 12.8. The molecule has 1 fully saturated rings. The van der Waals surface area contributed by atoms with Gasteiger partial charge in [0.05, 0.1) is 28.8 Å². The van der Waals surface area contributed by atoms with Crippen LogP contribution in [-0.4, -0.2) is 68.3 Å². The molecule has 0 aromatic heterocycles. The number of anilines is 2. The summed E-state index contributed by atoms with van der Waals surface area (Å²) in [5, 5.41) is 10.9. The van der Waals surface area contributed by atoms with Crippen LogP contribution < -0.4 is 10.0 Å². The van der Waals surface area contributed by atoms with Gasteiger partial charge in [-0.3, -0.25) is 14.3 Å². The third-order valence-electron chi connectivity index (χ3n) is 5.18. The summed E-state index contributed by atoms with van der Waals surface area (Å²) in [5.74, 6) is -2.00. The Morgan fingerprint density at radius 1 is 1.09 bits per heavy atom. The minimum atomic E-state index is -5.24. The maximum atomic E-state index is 12.8. The number of nitrogens with one attached hydrogen (secondary N) is 2. The van der Waals surface area contributed by atoms with Crippen molar-refractivity contribution in [3.63, 3.8) is 0 Å². The van der Waals surface area contributed by atoms with Gasteiger partial charge < -0.3 is 20.1 Å². The molecule has 1 atom stereocenters. The number of carbonyl (C=O) groups excluding carboxylic acids is 2. The Hall–Kier alpha value is -2.87. The van der Waals surface area contributed by atoms with E-state index in [1.807, 2.05) is 5.32 Å². The molecule has 3 rings (SSSR count). The Morgan fingerprint density at radius 3 is 2.23 bits per heavy atom. The van der Waals surface area contributed by atoms with Crippen molar-refractivity contribution >= 4 is 44.8 Å². The fourth-order valence-electron chi connectivity index (χ4n) is 2.98. The highest BCUT2D eigenvalue weighted by Gasteiger charge is 2.55. The Balaban J connectivity index is 1.71. The van der Waals surface area contributed by atoms with Crippen molar-refractivity contribution in [3.8, 4) is 0 Å². The number of morpholine rings is 1. The van der Waals surface area contributed by atoms with Gasteiger partial charge in [-0.25, -0.2) is 8.42 Å². The number of rotatable bonds is 6. The monoisotopic (exact) mass is 535 g/mol. The number of nitrogens with zero attached hydrogens (tertiary/aromatic N) is 1. The molecule has 0 bridgehead atoms. The van der Waals surface area contributed by atoms with Crippen LogP contribution in [0, 0.1) is 0 Å². The number of hydrogen-bond acceptors (Lipinski definition) is 6. The van der Waals surface area contributed by atoms with Crippen LogP contribution in [0.25, 0.3) is 0 Å². The molecule has 1 unspecified atom stereocenters. The van der Waals surface area contributed by atoms with Crippen molar-refractivity contribution in [2.75, 3.05) is 36.3 Å². The second kappa shape index (κ2) is 10.0. The summed E-state index contributed by atoms with van der Waals surface area (Å²) >= 11 is 5.96. The Bertz CT molecular complexity index is 1210. The van der Waals surface area contributed by atoms with Gasteiger partial charge in [0.15, 0.2) is 0 Å². The highest BCUT2D eigenvalue weighted by molar-refractivity contribution is 7.92. The van der Waals surface area contributed by atoms with Gasteiger partial charge in [0, 0.05) is 24.3 Å². The fourth-order valence-corrected chi connectivity index (χ4v) is 4.36. The topological polar surface area (TPSA) is 125 Å². The minimum absolute atomic E-state index is 0.151. The van der Waals surface area contributed by atoms with Crippen LogP contribution in [0.15, 0.2) is 47.4 Å². The number of sulfonamides is 1. The van der Waals surface area contributed by atoms with Crippen LogP contribution in [0.5, 0.6) is 0 Å². The summed E-state index contributed by atoms with van der Waals surface area (Å²) in [6, 6.07) is 8.68. The zero-order valence-electron chi connectivity index (χ0n) is 18.2. The molecular weight excluding hydrogens is 515 g/mol. The highest BCUT2D eigenvalue weighted by atomic mass is 35.5. The van der Waals surface area contributed by atoms with Crippen LogP contribution in [0.1, 0.15) is 17.3 Å². The summed E-state index contributed by atoms with van der Waals surface area (Å²) < 4.78 is 71.4. The van der Waals surface area contributed by atoms with Gasteiger partial charge in [0.2, 0.25) is 5.60 Å². The van der Waals surface area contributed by atoms with E-state index in [0.717, 1.165) is 18.2 Å². The molecule has 0 radical (unpaired) electrons. The lowest BCUT2D eigenvalue weighted by molar-refractivity contribution is -0.242. The highest BCUT2D eigenvalue weighted by Crippen LogP contribution is 2.33. The fraction of sp³-hybridized carbons (Fsp3) is 0.333.